The molecule has 0 saturated carbocycles. The van der Waals surface area contributed by atoms with Gasteiger partial charge in [-0.05, 0) is 25.7 Å². The maximum atomic E-state index is 10.00. The van der Waals surface area contributed by atoms with Crippen LogP contribution < -0.4 is 0 Å². The van der Waals surface area contributed by atoms with Crippen LogP contribution in [0.15, 0.2) is 0 Å². The third-order valence-corrected chi connectivity index (χ3v) is 5.61. The highest BCUT2D eigenvalue weighted by Crippen LogP contribution is 2.15. The van der Waals surface area contributed by atoms with Crippen molar-refractivity contribution in [1.82, 2.24) is 0 Å². The van der Waals surface area contributed by atoms with Crippen LogP contribution in [0, 0.1) is 0 Å². The van der Waals surface area contributed by atoms with E-state index in [9.17, 15) is 10.2 Å². The maximum Gasteiger partial charge on any atom is 0.0540 e. The summed E-state index contributed by atoms with van der Waals surface area (Å²) in [6.07, 6.45) is 24.2. The second-order valence-electron chi connectivity index (χ2n) is 8.41. The van der Waals surface area contributed by atoms with E-state index in [0.717, 1.165) is 25.7 Å². The molecule has 158 valence electrons. The Bertz CT molecular complexity index is 229. The summed E-state index contributed by atoms with van der Waals surface area (Å²) < 4.78 is 0. The first-order valence-corrected chi connectivity index (χ1v) is 12.1. The quantitative estimate of drug-likeness (QED) is 0.205. The fourth-order valence-corrected chi connectivity index (χ4v) is 3.72. The average Bonchev–Trinajstić information content (AvgIpc) is 2.63. The molecule has 0 aromatic heterocycles. The molecule has 0 fully saturated rings. The molecule has 0 aliphatic carbocycles. The number of hydrogen-bond donors (Lipinski definition) is 2. The van der Waals surface area contributed by atoms with Crippen LogP contribution >= 0.6 is 0 Å². The van der Waals surface area contributed by atoms with Crippen molar-refractivity contribution >= 4 is 0 Å². The lowest BCUT2D eigenvalue weighted by Gasteiger charge is -2.11. The van der Waals surface area contributed by atoms with Crippen molar-refractivity contribution in [3.8, 4) is 0 Å². The summed E-state index contributed by atoms with van der Waals surface area (Å²) in [5.74, 6) is 0. The molecule has 2 nitrogen and oxygen atoms in total. The van der Waals surface area contributed by atoms with Gasteiger partial charge < -0.3 is 10.2 Å². The molecule has 0 aliphatic heterocycles. The predicted molar refractivity (Wildman–Crippen MR) is 116 cm³/mol. The highest BCUT2D eigenvalue weighted by atomic mass is 16.3. The summed E-state index contributed by atoms with van der Waals surface area (Å²) in [6, 6.07) is 0. The van der Waals surface area contributed by atoms with Gasteiger partial charge in [-0.2, -0.15) is 0 Å². The Morgan fingerprint density at radius 3 is 0.885 bits per heavy atom. The van der Waals surface area contributed by atoms with Gasteiger partial charge >= 0.3 is 0 Å². The van der Waals surface area contributed by atoms with E-state index >= 15 is 0 Å². The van der Waals surface area contributed by atoms with Gasteiger partial charge in [0.25, 0.3) is 0 Å². The number of hydrogen-bond acceptors (Lipinski definition) is 2. The molecule has 0 spiro atoms. The van der Waals surface area contributed by atoms with E-state index in [2.05, 4.69) is 13.8 Å². The van der Waals surface area contributed by atoms with Crippen molar-refractivity contribution in [3.63, 3.8) is 0 Å². The largest absolute Gasteiger partial charge is 0.393 e. The average molecular weight is 371 g/mol. The molecule has 0 rings (SSSR count). The standard InChI is InChI=1S/C24H50O2/c1-3-5-7-11-15-19-23(25)21-17-13-9-10-14-18-22-24(26)20-16-12-8-6-4-2/h23-26H,3-22H2,1-2H3. The van der Waals surface area contributed by atoms with E-state index in [-0.39, 0.29) is 12.2 Å². The summed E-state index contributed by atoms with van der Waals surface area (Å²) in [7, 11) is 0. The molecule has 0 saturated heterocycles. The van der Waals surface area contributed by atoms with Gasteiger partial charge in [-0.15, -0.1) is 0 Å². The summed E-state index contributed by atoms with van der Waals surface area (Å²) in [6.45, 7) is 4.49. The third-order valence-electron chi connectivity index (χ3n) is 5.61. The van der Waals surface area contributed by atoms with Crippen LogP contribution in [0.5, 0.6) is 0 Å². The zero-order valence-electron chi connectivity index (χ0n) is 18.2. The molecule has 0 aromatic carbocycles. The van der Waals surface area contributed by atoms with Gasteiger partial charge in [-0.1, -0.05) is 117 Å². The van der Waals surface area contributed by atoms with Gasteiger partial charge in [-0.3, -0.25) is 0 Å². The monoisotopic (exact) mass is 370 g/mol. The molecule has 2 heteroatoms. The zero-order valence-corrected chi connectivity index (χ0v) is 18.2. The molecular formula is C24H50O2. The highest BCUT2D eigenvalue weighted by molar-refractivity contribution is 4.59. The lowest BCUT2D eigenvalue weighted by atomic mass is 10.0. The number of unbranched alkanes of at least 4 members (excludes halogenated alkanes) is 13. The molecule has 26 heavy (non-hydrogen) atoms. The second kappa shape index (κ2) is 21.2. The van der Waals surface area contributed by atoms with Gasteiger partial charge in [0, 0.05) is 0 Å². The van der Waals surface area contributed by atoms with Crippen molar-refractivity contribution < 1.29 is 10.2 Å². The highest BCUT2D eigenvalue weighted by Gasteiger charge is 2.05. The van der Waals surface area contributed by atoms with E-state index in [4.69, 9.17) is 0 Å². The smallest absolute Gasteiger partial charge is 0.0540 e. The number of rotatable bonds is 21. The first-order valence-electron chi connectivity index (χ1n) is 12.1. The van der Waals surface area contributed by atoms with E-state index < -0.39 is 0 Å². The lowest BCUT2D eigenvalue weighted by molar-refractivity contribution is 0.145. The molecule has 0 bridgehead atoms. The normalized spacial score (nSPS) is 13.8. The van der Waals surface area contributed by atoms with Gasteiger partial charge in [-0.25, -0.2) is 0 Å². The first-order chi connectivity index (χ1) is 12.7. The molecule has 2 unspecified atom stereocenters. The Labute approximate surface area is 165 Å². The van der Waals surface area contributed by atoms with E-state index in [1.165, 1.54) is 103 Å². The van der Waals surface area contributed by atoms with Crippen molar-refractivity contribution in [2.24, 2.45) is 0 Å². The molecule has 0 radical (unpaired) electrons. The molecule has 0 aromatic rings. The van der Waals surface area contributed by atoms with Gasteiger partial charge in [0.1, 0.15) is 0 Å². The summed E-state index contributed by atoms with van der Waals surface area (Å²) in [5, 5.41) is 20.0. The summed E-state index contributed by atoms with van der Waals surface area (Å²) in [4.78, 5) is 0. The van der Waals surface area contributed by atoms with Crippen LogP contribution in [0.4, 0.5) is 0 Å². The van der Waals surface area contributed by atoms with E-state index in [0.29, 0.717) is 0 Å². The Kier molecular flexibility index (Phi) is 21.2. The predicted octanol–water partition coefficient (Wildman–Crippen LogP) is 7.55. The third kappa shape index (κ3) is 20.2. The fourth-order valence-electron chi connectivity index (χ4n) is 3.72. The van der Waals surface area contributed by atoms with Gasteiger partial charge in [0.2, 0.25) is 0 Å². The SMILES string of the molecule is CCCCCCCC(O)CCCCCCCCC(O)CCCCCCC. The van der Waals surface area contributed by atoms with Gasteiger partial charge in [0.05, 0.1) is 12.2 Å². The van der Waals surface area contributed by atoms with Crippen LogP contribution in [0.25, 0.3) is 0 Å². The molecule has 0 aliphatic rings. The Morgan fingerprint density at radius 2 is 0.615 bits per heavy atom. The molecule has 0 heterocycles. The minimum absolute atomic E-state index is 0.0656. The molecule has 0 amide bonds. The Morgan fingerprint density at radius 1 is 0.385 bits per heavy atom. The van der Waals surface area contributed by atoms with Crippen molar-refractivity contribution in [2.45, 2.75) is 154 Å². The number of aliphatic hydroxyl groups is 2. The fraction of sp³-hybridized carbons (Fsp3) is 1.00. The first kappa shape index (κ1) is 25.9. The van der Waals surface area contributed by atoms with Crippen LogP contribution in [-0.4, -0.2) is 22.4 Å². The van der Waals surface area contributed by atoms with Crippen molar-refractivity contribution in [2.75, 3.05) is 0 Å². The van der Waals surface area contributed by atoms with E-state index in [1.807, 2.05) is 0 Å². The second-order valence-corrected chi connectivity index (χ2v) is 8.41. The zero-order chi connectivity index (χ0) is 19.3. The Balaban J connectivity index is 3.22. The van der Waals surface area contributed by atoms with Crippen LogP contribution in [0.3, 0.4) is 0 Å². The number of aliphatic hydroxyl groups excluding tert-OH is 2. The molecular weight excluding hydrogens is 320 g/mol. The minimum atomic E-state index is -0.0656. The van der Waals surface area contributed by atoms with Crippen LogP contribution in [0.2, 0.25) is 0 Å². The lowest BCUT2D eigenvalue weighted by Crippen LogP contribution is -2.06. The molecule has 2 N–H and O–H groups in total. The van der Waals surface area contributed by atoms with Crippen LogP contribution in [-0.2, 0) is 0 Å². The summed E-state index contributed by atoms with van der Waals surface area (Å²) >= 11 is 0. The minimum Gasteiger partial charge on any atom is -0.393 e. The van der Waals surface area contributed by atoms with Crippen molar-refractivity contribution in [3.05, 3.63) is 0 Å². The maximum absolute atomic E-state index is 10.00. The molecule has 2 atom stereocenters. The summed E-state index contributed by atoms with van der Waals surface area (Å²) in [5.41, 5.74) is 0. The topological polar surface area (TPSA) is 40.5 Å². The van der Waals surface area contributed by atoms with E-state index in [1.54, 1.807) is 0 Å². The van der Waals surface area contributed by atoms with Crippen LogP contribution in [0.1, 0.15) is 142 Å². The van der Waals surface area contributed by atoms with Crippen molar-refractivity contribution in [1.29, 1.82) is 0 Å². The van der Waals surface area contributed by atoms with Gasteiger partial charge in [0.15, 0.2) is 0 Å². The Hall–Kier alpha value is -0.0800.